The van der Waals surface area contributed by atoms with E-state index in [1.165, 1.54) is 0 Å². The van der Waals surface area contributed by atoms with Gasteiger partial charge < -0.3 is 4.74 Å². The van der Waals surface area contributed by atoms with E-state index < -0.39 is 0 Å². The number of hydrazine groups is 1. The van der Waals surface area contributed by atoms with E-state index in [4.69, 9.17) is 10.6 Å². The number of aromatic amines is 1. The normalized spacial score (nSPS) is 12.4. The number of aromatic nitrogens is 3. The second kappa shape index (κ2) is 5.16. The number of nitrogens with one attached hydrogen (secondary N) is 2. The zero-order chi connectivity index (χ0) is 13.1. The van der Waals surface area contributed by atoms with Crippen LogP contribution in [0.5, 0.6) is 5.75 Å². The highest BCUT2D eigenvalue weighted by Gasteiger charge is 2.21. The quantitative estimate of drug-likeness (QED) is 0.553. The highest BCUT2D eigenvalue weighted by molar-refractivity contribution is 5.47. The average molecular weight is 247 g/mol. The first-order valence-corrected chi connectivity index (χ1v) is 5.64. The van der Waals surface area contributed by atoms with Crippen molar-refractivity contribution in [2.45, 2.75) is 19.9 Å². The second-order valence-corrected chi connectivity index (χ2v) is 4.19. The molecule has 0 aliphatic heterocycles. The van der Waals surface area contributed by atoms with Crippen LogP contribution >= 0.6 is 0 Å². The summed E-state index contributed by atoms with van der Waals surface area (Å²) in [5.41, 5.74) is 6.69. The molecule has 0 saturated carbocycles. The number of methoxy groups -OCH3 is 1. The Morgan fingerprint density at radius 3 is 2.72 bits per heavy atom. The van der Waals surface area contributed by atoms with E-state index in [0.29, 0.717) is 0 Å². The van der Waals surface area contributed by atoms with Gasteiger partial charge in [-0.2, -0.15) is 15.4 Å². The van der Waals surface area contributed by atoms with Crippen molar-refractivity contribution in [2.24, 2.45) is 5.84 Å². The Kier molecular flexibility index (Phi) is 3.59. The molecule has 96 valence electrons. The molecule has 0 aliphatic carbocycles. The summed E-state index contributed by atoms with van der Waals surface area (Å²) in [6.07, 6.45) is 1.64. The van der Waals surface area contributed by atoms with Crippen molar-refractivity contribution in [3.05, 3.63) is 40.7 Å². The van der Waals surface area contributed by atoms with Crippen molar-refractivity contribution in [1.29, 1.82) is 0 Å². The number of H-pyrrole nitrogens is 1. The number of benzene rings is 1. The van der Waals surface area contributed by atoms with Gasteiger partial charge in [-0.25, -0.2) is 5.43 Å². The second-order valence-electron chi connectivity index (χ2n) is 4.19. The van der Waals surface area contributed by atoms with E-state index in [1.54, 1.807) is 13.3 Å². The lowest BCUT2D eigenvalue weighted by molar-refractivity contribution is 0.402. The van der Waals surface area contributed by atoms with Crippen molar-refractivity contribution >= 4 is 0 Å². The Balaban J connectivity index is 2.55. The van der Waals surface area contributed by atoms with Gasteiger partial charge in [0.25, 0.3) is 0 Å². The van der Waals surface area contributed by atoms with Crippen LogP contribution < -0.4 is 16.0 Å². The van der Waals surface area contributed by atoms with Gasteiger partial charge in [-0.05, 0) is 31.0 Å². The maximum Gasteiger partial charge on any atom is 0.124 e. The molecule has 18 heavy (non-hydrogen) atoms. The fourth-order valence-corrected chi connectivity index (χ4v) is 2.14. The number of nitrogens with zero attached hydrogens (tertiary/aromatic N) is 2. The van der Waals surface area contributed by atoms with E-state index in [2.05, 4.69) is 26.9 Å². The molecule has 0 bridgehead atoms. The lowest BCUT2D eigenvalue weighted by atomic mass is 9.96. The van der Waals surface area contributed by atoms with Crippen molar-refractivity contribution in [3.63, 3.8) is 0 Å². The van der Waals surface area contributed by atoms with Gasteiger partial charge in [0.2, 0.25) is 0 Å². The summed E-state index contributed by atoms with van der Waals surface area (Å²) < 4.78 is 5.43. The van der Waals surface area contributed by atoms with Gasteiger partial charge in [0, 0.05) is 5.56 Å². The fraction of sp³-hybridized carbons (Fsp3) is 0.333. The number of ether oxygens (including phenoxy) is 1. The lowest BCUT2D eigenvalue weighted by Gasteiger charge is -2.20. The van der Waals surface area contributed by atoms with E-state index in [-0.39, 0.29) is 6.04 Å². The molecule has 0 fully saturated rings. The summed E-state index contributed by atoms with van der Waals surface area (Å²) >= 11 is 0. The molecule has 6 heteroatoms. The molecule has 1 atom stereocenters. The molecule has 0 amide bonds. The van der Waals surface area contributed by atoms with Crippen LogP contribution in [0.25, 0.3) is 0 Å². The van der Waals surface area contributed by atoms with Crippen LogP contribution in [-0.2, 0) is 0 Å². The zero-order valence-corrected chi connectivity index (χ0v) is 10.7. The summed E-state index contributed by atoms with van der Waals surface area (Å²) in [6, 6.07) is 3.81. The molecule has 0 saturated heterocycles. The van der Waals surface area contributed by atoms with Crippen molar-refractivity contribution < 1.29 is 4.74 Å². The van der Waals surface area contributed by atoms with Gasteiger partial charge in [0.15, 0.2) is 0 Å². The smallest absolute Gasteiger partial charge is 0.124 e. The van der Waals surface area contributed by atoms with Crippen LogP contribution in [0.4, 0.5) is 0 Å². The minimum Gasteiger partial charge on any atom is -0.496 e. The molecule has 0 spiro atoms. The zero-order valence-electron chi connectivity index (χ0n) is 10.7. The highest BCUT2D eigenvalue weighted by Crippen LogP contribution is 2.32. The van der Waals surface area contributed by atoms with Crippen LogP contribution in [0.2, 0.25) is 0 Å². The first kappa shape index (κ1) is 12.5. The van der Waals surface area contributed by atoms with Crippen LogP contribution in [0.3, 0.4) is 0 Å². The third-order valence-corrected chi connectivity index (χ3v) is 2.90. The SMILES string of the molecule is COc1cc(C)cc(C)c1C(NN)c1cn[nH]n1. The van der Waals surface area contributed by atoms with Gasteiger partial charge in [-0.1, -0.05) is 6.07 Å². The van der Waals surface area contributed by atoms with Crippen LogP contribution in [0.15, 0.2) is 18.3 Å². The molecular formula is C12H17N5O. The fourth-order valence-electron chi connectivity index (χ4n) is 2.14. The number of hydrogen-bond acceptors (Lipinski definition) is 5. The number of rotatable bonds is 4. The van der Waals surface area contributed by atoms with E-state index in [9.17, 15) is 0 Å². The van der Waals surface area contributed by atoms with Gasteiger partial charge in [0.05, 0.1) is 19.3 Å². The van der Waals surface area contributed by atoms with E-state index in [1.807, 2.05) is 19.9 Å². The van der Waals surface area contributed by atoms with Crippen LogP contribution in [0, 0.1) is 13.8 Å². The number of hydrogen-bond donors (Lipinski definition) is 3. The van der Waals surface area contributed by atoms with Gasteiger partial charge in [0.1, 0.15) is 11.4 Å². The Morgan fingerprint density at radius 1 is 1.39 bits per heavy atom. The number of aryl methyl sites for hydroxylation is 2. The summed E-state index contributed by atoms with van der Waals surface area (Å²) in [4.78, 5) is 0. The van der Waals surface area contributed by atoms with Crippen molar-refractivity contribution in [1.82, 2.24) is 20.8 Å². The molecule has 6 nitrogen and oxygen atoms in total. The first-order chi connectivity index (χ1) is 8.67. The van der Waals surface area contributed by atoms with Gasteiger partial charge >= 0.3 is 0 Å². The molecular weight excluding hydrogens is 230 g/mol. The summed E-state index contributed by atoms with van der Waals surface area (Å²) in [7, 11) is 1.65. The molecule has 1 heterocycles. The summed E-state index contributed by atoms with van der Waals surface area (Å²) in [6.45, 7) is 4.05. The molecule has 2 rings (SSSR count). The standard InChI is InChI=1S/C12H17N5O/c1-7-4-8(2)11(10(5-7)18-3)12(15-13)9-6-14-17-16-9/h4-6,12,15H,13H2,1-3H3,(H,14,16,17). The molecule has 0 aliphatic rings. The molecule has 1 unspecified atom stereocenters. The summed E-state index contributed by atoms with van der Waals surface area (Å²) in [5, 5.41) is 10.5. The highest BCUT2D eigenvalue weighted by atomic mass is 16.5. The van der Waals surface area contributed by atoms with Crippen LogP contribution in [0.1, 0.15) is 28.4 Å². The monoisotopic (exact) mass is 247 g/mol. The minimum atomic E-state index is -0.251. The maximum atomic E-state index is 5.64. The Bertz CT molecular complexity index is 524. The minimum absolute atomic E-state index is 0.251. The Labute approximate surface area is 106 Å². The molecule has 1 aromatic carbocycles. The third kappa shape index (κ3) is 2.20. The predicted molar refractivity (Wildman–Crippen MR) is 68.0 cm³/mol. The number of nitrogens with two attached hydrogens (primary N) is 1. The molecule has 2 aromatic rings. The Morgan fingerprint density at radius 2 is 2.17 bits per heavy atom. The van der Waals surface area contributed by atoms with E-state index in [0.717, 1.165) is 28.1 Å². The maximum absolute atomic E-state index is 5.64. The summed E-state index contributed by atoms with van der Waals surface area (Å²) in [5.74, 6) is 6.43. The van der Waals surface area contributed by atoms with Crippen LogP contribution in [-0.4, -0.2) is 22.5 Å². The molecule has 0 radical (unpaired) electrons. The first-order valence-electron chi connectivity index (χ1n) is 5.64. The van der Waals surface area contributed by atoms with Crippen molar-refractivity contribution in [2.75, 3.05) is 7.11 Å². The molecule has 4 N–H and O–H groups in total. The average Bonchev–Trinajstić information content (AvgIpc) is 2.85. The topological polar surface area (TPSA) is 88.9 Å². The van der Waals surface area contributed by atoms with Gasteiger partial charge in [-0.3, -0.25) is 5.84 Å². The van der Waals surface area contributed by atoms with Gasteiger partial charge in [-0.15, -0.1) is 0 Å². The van der Waals surface area contributed by atoms with E-state index >= 15 is 0 Å². The Hall–Kier alpha value is -1.92. The largest absolute Gasteiger partial charge is 0.496 e. The third-order valence-electron chi connectivity index (χ3n) is 2.90. The lowest BCUT2D eigenvalue weighted by Crippen LogP contribution is -2.30. The van der Waals surface area contributed by atoms with Crippen molar-refractivity contribution in [3.8, 4) is 5.75 Å². The molecule has 1 aromatic heterocycles. The predicted octanol–water partition coefficient (Wildman–Crippen LogP) is 0.983.